The first-order valence-electron chi connectivity index (χ1n) is 12.1. The number of likely N-dealkylation sites (tertiary alicyclic amines) is 1. The van der Waals surface area contributed by atoms with Crippen LogP contribution in [0.4, 0.5) is 19.0 Å². The van der Waals surface area contributed by atoms with Crippen LogP contribution in [-0.2, 0) is 17.5 Å². The van der Waals surface area contributed by atoms with Gasteiger partial charge in [-0.3, -0.25) is 4.79 Å². The summed E-state index contributed by atoms with van der Waals surface area (Å²) in [7, 11) is 0. The van der Waals surface area contributed by atoms with Gasteiger partial charge < -0.3 is 30.0 Å². The van der Waals surface area contributed by atoms with E-state index in [0.717, 1.165) is 4.57 Å². The summed E-state index contributed by atoms with van der Waals surface area (Å²) >= 11 is 0. The highest BCUT2D eigenvalue weighted by Crippen LogP contribution is 2.35. The van der Waals surface area contributed by atoms with Crippen molar-refractivity contribution in [1.82, 2.24) is 34.0 Å². The van der Waals surface area contributed by atoms with Crippen LogP contribution in [0.25, 0.3) is 22.2 Å². The molecule has 0 aliphatic carbocycles. The number of imidazole rings is 2. The SMILES string of the molecule is C[C@]1(O)C[C@@H](O)CN(C(=O)CCCn2c(C(F)(F)F)nc3ccccc32)C[C@@H]1n1cnc2c(N)ncnc21. The van der Waals surface area contributed by atoms with Gasteiger partial charge >= 0.3 is 6.18 Å². The Morgan fingerprint density at radius 2 is 1.97 bits per heavy atom. The van der Waals surface area contributed by atoms with Gasteiger partial charge in [0.2, 0.25) is 11.7 Å². The maximum Gasteiger partial charge on any atom is 0.449 e. The fourth-order valence-electron chi connectivity index (χ4n) is 5.17. The molecule has 0 unspecified atom stereocenters. The van der Waals surface area contributed by atoms with Crippen LogP contribution in [0.5, 0.6) is 0 Å². The summed E-state index contributed by atoms with van der Waals surface area (Å²) in [5.74, 6) is -1.20. The summed E-state index contributed by atoms with van der Waals surface area (Å²) in [6, 6.07) is 5.59. The highest BCUT2D eigenvalue weighted by atomic mass is 19.4. The number of halogens is 3. The normalized spacial score (nSPS) is 22.7. The van der Waals surface area contributed by atoms with Crippen molar-refractivity contribution in [2.24, 2.45) is 0 Å². The Morgan fingerprint density at radius 1 is 1.21 bits per heavy atom. The summed E-state index contributed by atoms with van der Waals surface area (Å²) in [5.41, 5.74) is 5.74. The molecule has 3 atom stereocenters. The summed E-state index contributed by atoms with van der Waals surface area (Å²) in [6.45, 7) is 1.49. The van der Waals surface area contributed by atoms with Crippen LogP contribution in [0.1, 0.15) is 38.1 Å². The number of aryl methyl sites for hydroxylation is 1. The number of aliphatic hydroxyl groups excluding tert-OH is 1. The molecule has 38 heavy (non-hydrogen) atoms. The molecular weight excluding hydrogens is 505 g/mol. The number of nitrogens with zero attached hydrogens (tertiary/aromatic N) is 7. The second-order valence-corrected chi connectivity index (χ2v) is 9.79. The van der Waals surface area contributed by atoms with Crippen LogP contribution < -0.4 is 5.73 Å². The van der Waals surface area contributed by atoms with Crippen molar-refractivity contribution in [2.75, 3.05) is 18.8 Å². The molecule has 5 rings (SSSR count). The largest absolute Gasteiger partial charge is 0.449 e. The van der Waals surface area contributed by atoms with E-state index in [2.05, 4.69) is 19.9 Å². The van der Waals surface area contributed by atoms with E-state index < -0.39 is 29.7 Å². The van der Waals surface area contributed by atoms with Crippen molar-refractivity contribution in [3.8, 4) is 0 Å². The van der Waals surface area contributed by atoms with Crippen LogP contribution in [0.3, 0.4) is 0 Å². The molecule has 202 valence electrons. The molecular formula is C24H27F3N8O3. The third-order valence-electron chi connectivity index (χ3n) is 6.95. The quantitative estimate of drug-likeness (QED) is 0.354. The number of benzene rings is 1. The van der Waals surface area contributed by atoms with Gasteiger partial charge in [0.1, 0.15) is 11.8 Å². The summed E-state index contributed by atoms with van der Waals surface area (Å²) < 4.78 is 43.5. The predicted octanol–water partition coefficient (Wildman–Crippen LogP) is 2.14. The number of aliphatic hydroxyl groups is 2. The smallest absolute Gasteiger partial charge is 0.391 e. The molecule has 14 heteroatoms. The van der Waals surface area contributed by atoms with E-state index in [1.807, 2.05) is 0 Å². The number of rotatable bonds is 5. The standard InChI is InChI=1S/C24H27F3N8O3/c1-23(38)9-14(36)10-33(11-17(23)35-13-31-19-20(28)29-12-30-21(19)35)18(37)7-4-8-34-16-6-3-2-5-15(16)32-22(34)24(25,26)27/h2-3,5-6,12-14,17,36,38H,4,7-11H2,1H3,(H2,28,29,30)/t14-,17+,23+/m1/s1. The van der Waals surface area contributed by atoms with E-state index in [1.54, 1.807) is 29.7 Å². The van der Waals surface area contributed by atoms with Crippen LogP contribution >= 0.6 is 0 Å². The number of nitrogens with two attached hydrogens (primary N) is 1. The van der Waals surface area contributed by atoms with Gasteiger partial charge in [-0.15, -0.1) is 0 Å². The number of β-amino-alcohol motifs (C(OH)–C–C–N with tert-alkyl or cyclic N) is 1. The number of para-hydroxylation sites is 2. The van der Waals surface area contributed by atoms with Gasteiger partial charge in [0, 0.05) is 32.5 Å². The lowest BCUT2D eigenvalue weighted by Crippen LogP contribution is -2.42. The second-order valence-electron chi connectivity index (χ2n) is 9.79. The van der Waals surface area contributed by atoms with E-state index in [4.69, 9.17) is 5.73 Å². The van der Waals surface area contributed by atoms with Gasteiger partial charge in [0.25, 0.3) is 0 Å². The van der Waals surface area contributed by atoms with Crippen LogP contribution in [0.15, 0.2) is 36.9 Å². The van der Waals surface area contributed by atoms with Crippen molar-refractivity contribution in [1.29, 1.82) is 0 Å². The fourth-order valence-corrected chi connectivity index (χ4v) is 5.17. The number of carbonyl (C=O) groups excluding carboxylic acids is 1. The Morgan fingerprint density at radius 3 is 2.74 bits per heavy atom. The highest BCUT2D eigenvalue weighted by molar-refractivity contribution is 5.81. The predicted molar refractivity (Wildman–Crippen MR) is 131 cm³/mol. The van der Waals surface area contributed by atoms with Gasteiger partial charge in [0.15, 0.2) is 11.5 Å². The first-order chi connectivity index (χ1) is 18.0. The minimum atomic E-state index is -4.64. The minimum Gasteiger partial charge on any atom is -0.391 e. The third kappa shape index (κ3) is 4.76. The van der Waals surface area contributed by atoms with Crippen molar-refractivity contribution >= 4 is 33.9 Å². The number of fused-ring (bicyclic) bond motifs is 2. The van der Waals surface area contributed by atoms with Crippen molar-refractivity contribution < 1.29 is 28.2 Å². The lowest BCUT2D eigenvalue weighted by Gasteiger charge is -2.34. The van der Waals surface area contributed by atoms with Crippen LogP contribution in [0, 0.1) is 0 Å². The molecule has 1 aliphatic heterocycles. The minimum absolute atomic E-state index is 0.0162. The number of nitrogen functional groups attached to an aromatic ring is 1. The van der Waals surface area contributed by atoms with Crippen molar-refractivity contribution in [3.63, 3.8) is 0 Å². The molecule has 1 aliphatic rings. The zero-order chi connectivity index (χ0) is 27.2. The molecule has 1 saturated heterocycles. The number of aromatic nitrogens is 6. The van der Waals surface area contributed by atoms with Gasteiger partial charge in [-0.2, -0.15) is 13.2 Å². The fraction of sp³-hybridized carbons (Fsp3) is 0.458. The van der Waals surface area contributed by atoms with E-state index in [0.29, 0.717) is 16.7 Å². The Balaban J connectivity index is 1.36. The summed E-state index contributed by atoms with van der Waals surface area (Å²) in [4.78, 5) is 30.8. The van der Waals surface area contributed by atoms with E-state index >= 15 is 0 Å². The zero-order valence-corrected chi connectivity index (χ0v) is 20.5. The van der Waals surface area contributed by atoms with E-state index in [-0.39, 0.29) is 56.1 Å². The number of anilines is 1. The molecule has 11 nitrogen and oxygen atoms in total. The topological polar surface area (TPSA) is 148 Å². The van der Waals surface area contributed by atoms with Crippen molar-refractivity contribution in [3.05, 3.63) is 42.7 Å². The van der Waals surface area contributed by atoms with Gasteiger partial charge in [-0.25, -0.2) is 19.9 Å². The summed E-state index contributed by atoms with van der Waals surface area (Å²) in [6.07, 6.45) is -2.89. The maximum absolute atomic E-state index is 13.6. The maximum atomic E-state index is 13.6. The molecule has 4 heterocycles. The average molecular weight is 533 g/mol. The first kappa shape index (κ1) is 25.9. The number of alkyl halides is 3. The molecule has 3 aromatic heterocycles. The first-order valence-corrected chi connectivity index (χ1v) is 12.1. The average Bonchev–Trinajstić information content (AvgIpc) is 3.41. The Bertz CT molecular complexity index is 1480. The van der Waals surface area contributed by atoms with Crippen molar-refractivity contribution in [2.45, 2.75) is 56.7 Å². The van der Waals surface area contributed by atoms with Gasteiger partial charge in [-0.05, 0) is 25.5 Å². The monoisotopic (exact) mass is 532 g/mol. The molecule has 0 saturated carbocycles. The van der Waals surface area contributed by atoms with E-state index in [9.17, 15) is 28.2 Å². The third-order valence-corrected chi connectivity index (χ3v) is 6.95. The molecule has 4 N–H and O–H groups in total. The number of amides is 1. The molecule has 0 bridgehead atoms. The Kier molecular flexibility index (Phi) is 6.47. The Labute approximate surface area is 214 Å². The molecule has 4 aromatic rings. The lowest BCUT2D eigenvalue weighted by molar-refractivity contribution is -0.147. The molecule has 1 fully saturated rings. The highest BCUT2D eigenvalue weighted by Gasteiger charge is 2.42. The van der Waals surface area contributed by atoms with Gasteiger partial charge in [-0.1, -0.05) is 12.1 Å². The van der Waals surface area contributed by atoms with Gasteiger partial charge in [0.05, 0.1) is 35.1 Å². The Hall–Kier alpha value is -3.78. The number of hydrogen-bond acceptors (Lipinski definition) is 8. The number of hydrogen-bond donors (Lipinski definition) is 3. The lowest BCUT2D eigenvalue weighted by atomic mass is 9.91. The zero-order valence-electron chi connectivity index (χ0n) is 20.5. The molecule has 0 spiro atoms. The van der Waals surface area contributed by atoms with Crippen LogP contribution in [-0.4, -0.2) is 74.9 Å². The molecule has 1 amide bonds. The second kappa shape index (κ2) is 9.51. The molecule has 1 aromatic carbocycles. The number of carbonyl (C=O) groups is 1. The summed E-state index contributed by atoms with van der Waals surface area (Å²) in [5, 5.41) is 21.8. The van der Waals surface area contributed by atoms with Crippen LogP contribution in [0.2, 0.25) is 0 Å². The van der Waals surface area contributed by atoms with E-state index in [1.165, 1.54) is 23.6 Å². The molecule has 0 radical (unpaired) electrons.